The van der Waals surface area contributed by atoms with Crippen LogP contribution in [0.15, 0.2) is 33.7 Å². The molecule has 0 radical (unpaired) electrons. The van der Waals surface area contributed by atoms with Crippen molar-refractivity contribution in [3.05, 3.63) is 47.2 Å². The predicted molar refractivity (Wildman–Crippen MR) is 95.6 cm³/mol. The van der Waals surface area contributed by atoms with Gasteiger partial charge in [0.1, 0.15) is 11.5 Å². The van der Waals surface area contributed by atoms with Crippen LogP contribution < -0.4 is 15.4 Å². The van der Waals surface area contributed by atoms with Crippen molar-refractivity contribution in [2.24, 2.45) is 4.99 Å². The average Bonchev–Trinajstić information content (AvgIpc) is 2.93. The van der Waals surface area contributed by atoms with Gasteiger partial charge in [0.05, 0.1) is 18.8 Å². The second-order valence-electron chi connectivity index (χ2n) is 5.85. The number of ether oxygens (including phenoxy) is 1. The summed E-state index contributed by atoms with van der Waals surface area (Å²) in [6.07, 6.45) is -4.37. The Morgan fingerprint density at radius 2 is 2.04 bits per heavy atom. The van der Waals surface area contributed by atoms with Crippen LogP contribution in [0.3, 0.4) is 0 Å². The van der Waals surface area contributed by atoms with E-state index in [0.29, 0.717) is 24.9 Å². The highest BCUT2D eigenvalue weighted by molar-refractivity contribution is 5.79. The minimum absolute atomic E-state index is 0.156. The number of hydrogen-bond acceptors (Lipinski definition) is 4. The Kier molecular flexibility index (Phi) is 7.09. The molecule has 0 unspecified atom stereocenters. The highest BCUT2D eigenvalue weighted by Crippen LogP contribution is 2.19. The molecule has 0 saturated carbocycles. The molecule has 0 spiro atoms. The maximum atomic E-state index is 12.3. The summed E-state index contributed by atoms with van der Waals surface area (Å²) in [5.74, 6) is 2.03. The third-order valence-corrected chi connectivity index (χ3v) is 3.54. The summed E-state index contributed by atoms with van der Waals surface area (Å²) < 4.78 is 47.0. The van der Waals surface area contributed by atoms with Gasteiger partial charge < -0.3 is 19.8 Å². The Labute approximate surface area is 155 Å². The molecule has 0 bridgehead atoms. The molecule has 0 atom stereocenters. The van der Waals surface area contributed by atoms with Crippen molar-refractivity contribution < 1.29 is 22.3 Å². The maximum Gasteiger partial charge on any atom is 0.422 e. The number of aromatic nitrogens is 1. The Morgan fingerprint density at radius 1 is 1.26 bits per heavy atom. The quantitative estimate of drug-likeness (QED) is 0.565. The normalized spacial score (nSPS) is 12.1. The summed E-state index contributed by atoms with van der Waals surface area (Å²) in [5.41, 5.74) is 1.57. The van der Waals surface area contributed by atoms with E-state index in [0.717, 1.165) is 17.0 Å². The number of aliphatic imine (C=N–C) groups is 1. The number of aryl methyl sites for hydroxylation is 2. The molecule has 0 amide bonds. The van der Waals surface area contributed by atoms with E-state index in [2.05, 4.69) is 20.6 Å². The summed E-state index contributed by atoms with van der Waals surface area (Å²) >= 11 is 0. The molecule has 0 aliphatic carbocycles. The van der Waals surface area contributed by atoms with Crippen LogP contribution in [0.5, 0.6) is 5.75 Å². The number of guanidine groups is 1. The SMILES string of the molecule is CCNC(=NCc1cccc(OCC(F)(F)F)c1)NCc1nc(C)c(C)o1. The number of benzene rings is 1. The van der Waals surface area contributed by atoms with E-state index in [1.165, 1.54) is 6.07 Å². The minimum atomic E-state index is -4.37. The number of halogens is 3. The number of nitrogens with one attached hydrogen (secondary N) is 2. The number of nitrogens with zero attached hydrogens (tertiary/aromatic N) is 2. The van der Waals surface area contributed by atoms with E-state index in [1.807, 2.05) is 20.8 Å². The van der Waals surface area contributed by atoms with E-state index in [4.69, 9.17) is 9.15 Å². The summed E-state index contributed by atoms with van der Waals surface area (Å²) in [4.78, 5) is 8.72. The topological polar surface area (TPSA) is 71.7 Å². The largest absolute Gasteiger partial charge is 0.484 e. The van der Waals surface area contributed by atoms with Gasteiger partial charge in [0.15, 0.2) is 12.6 Å². The van der Waals surface area contributed by atoms with Gasteiger partial charge in [-0.2, -0.15) is 13.2 Å². The second kappa shape index (κ2) is 9.29. The lowest BCUT2D eigenvalue weighted by Gasteiger charge is -2.11. The summed E-state index contributed by atoms with van der Waals surface area (Å²) in [5, 5.41) is 6.20. The Hall–Kier alpha value is -2.71. The third kappa shape index (κ3) is 7.20. The number of alkyl halides is 3. The minimum Gasteiger partial charge on any atom is -0.484 e. The van der Waals surface area contributed by atoms with E-state index in [9.17, 15) is 13.2 Å². The van der Waals surface area contributed by atoms with Crippen molar-refractivity contribution in [1.82, 2.24) is 15.6 Å². The first-order valence-electron chi connectivity index (χ1n) is 8.50. The Balaban J connectivity index is 1.97. The molecule has 9 heteroatoms. The van der Waals surface area contributed by atoms with Gasteiger partial charge >= 0.3 is 6.18 Å². The van der Waals surface area contributed by atoms with E-state index < -0.39 is 12.8 Å². The highest BCUT2D eigenvalue weighted by atomic mass is 19.4. The maximum absolute atomic E-state index is 12.3. The van der Waals surface area contributed by atoms with Gasteiger partial charge in [-0.05, 0) is 38.5 Å². The number of oxazole rings is 1. The molecule has 2 aromatic rings. The highest BCUT2D eigenvalue weighted by Gasteiger charge is 2.28. The molecule has 2 N–H and O–H groups in total. The predicted octanol–water partition coefficient (Wildman–Crippen LogP) is 3.49. The smallest absolute Gasteiger partial charge is 0.422 e. The lowest BCUT2D eigenvalue weighted by atomic mass is 10.2. The van der Waals surface area contributed by atoms with Gasteiger partial charge in [-0.1, -0.05) is 12.1 Å². The first-order valence-corrected chi connectivity index (χ1v) is 8.50. The van der Waals surface area contributed by atoms with Gasteiger partial charge in [-0.15, -0.1) is 0 Å². The van der Waals surface area contributed by atoms with E-state index in [1.54, 1.807) is 18.2 Å². The molecule has 1 heterocycles. The first kappa shape index (κ1) is 20.6. The zero-order valence-corrected chi connectivity index (χ0v) is 15.5. The van der Waals surface area contributed by atoms with Crippen molar-refractivity contribution >= 4 is 5.96 Å². The molecule has 0 aliphatic rings. The molecule has 0 aliphatic heterocycles. The standard InChI is InChI=1S/C18H23F3N4O2/c1-4-22-17(24-10-16-25-12(2)13(3)27-16)23-9-14-6-5-7-15(8-14)26-11-18(19,20)21/h5-8H,4,9-11H2,1-3H3,(H2,22,23,24). The fourth-order valence-corrected chi connectivity index (χ4v) is 2.18. The summed E-state index contributed by atoms with van der Waals surface area (Å²) in [7, 11) is 0. The molecular weight excluding hydrogens is 361 g/mol. The van der Waals surface area contributed by atoms with Crippen LogP contribution in [0.25, 0.3) is 0 Å². The summed E-state index contributed by atoms with van der Waals surface area (Å²) in [6, 6.07) is 6.43. The molecular formula is C18H23F3N4O2. The van der Waals surface area contributed by atoms with Gasteiger partial charge in [-0.25, -0.2) is 9.98 Å². The fraction of sp³-hybridized carbons (Fsp3) is 0.444. The third-order valence-electron chi connectivity index (χ3n) is 3.54. The van der Waals surface area contributed by atoms with Crippen LogP contribution in [-0.4, -0.2) is 30.3 Å². The second-order valence-corrected chi connectivity index (χ2v) is 5.85. The number of hydrogen-bond donors (Lipinski definition) is 2. The molecule has 6 nitrogen and oxygen atoms in total. The monoisotopic (exact) mass is 384 g/mol. The van der Waals surface area contributed by atoms with Crippen LogP contribution in [0.4, 0.5) is 13.2 Å². The number of rotatable bonds is 7. The van der Waals surface area contributed by atoms with E-state index in [-0.39, 0.29) is 12.3 Å². The van der Waals surface area contributed by atoms with Crippen molar-refractivity contribution in [3.8, 4) is 5.75 Å². The Bertz CT molecular complexity index is 753. The Morgan fingerprint density at radius 3 is 2.67 bits per heavy atom. The van der Waals surface area contributed by atoms with Crippen LogP contribution in [0.2, 0.25) is 0 Å². The van der Waals surface area contributed by atoms with Gasteiger partial charge in [0.2, 0.25) is 5.89 Å². The van der Waals surface area contributed by atoms with Crippen LogP contribution in [0.1, 0.15) is 29.8 Å². The van der Waals surface area contributed by atoms with Gasteiger partial charge in [0.25, 0.3) is 0 Å². The van der Waals surface area contributed by atoms with Crippen molar-refractivity contribution in [3.63, 3.8) is 0 Å². The molecule has 0 fully saturated rings. The average molecular weight is 384 g/mol. The lowest BCUT2D eigenvalue weighted by Crippen LogP contribution is -2.36. The summed E-state index contributed by atoms with van der Waals surface area (Å²) in [6.45, 7) is 5.64. The molecule has 2 rings (SSSR count). The molecule has 148 valence electrons. The molecule has 0 saturated heterocycles. The van der Waals surface area contributed by atoms with Crippen molar-refractivity contribution in [2.75, 3.05) is 13.2 Å². The van der Waals surface area contributed by atoms with Gasteiger partial charge in [0, 0.05) is 6.54 Å². The first-order chi connectivity index (χ1) is 12.8. The zero-order chi connectivity index (χ0) is 19.9. The lowest BCUT2D eigenvalue weighted by molar-refractivity contribution is -0.153. The molecule has 27 heavy (non-hydrogen) atoms. The van der Waals surface area contributed by atoms with E-state index >= 15 is 0 Å². The molecule has 1 aromatic carbocycles. The van der Waals surface area contributed by atoms with Crippen molar-refractivity contribution in [2.45, 2.75) is 40.0 Å². The molecule has 1 aromatic heterocycles. The van der Waals surface area contributed by atoms with Crippen molar-refractivity contribution in [1.29, 1.82) is 0 Å². The fourth-order valence-electron chi connectivity index (χ4n) is 2.18. The zero-order valence-electron chi connectivity index (χ0n) is 15.5. The van der Waals surface area contributed by atoms with Gasteiger partial charge in [-0.3, -0.25) is 0 Å². The van der Waals surface area contributed by atoms with Crippen LogP contribution in [-0.2, 0) is 13.1 Å². The van der Waals surface area contributed by atoms with Crippen LogP contribution >= 0.6 is 0 Å². The van der Waals surface area contributed by atoms with Crippen LogP contribution in [0, 0.1) is 13.8 Å².